The van der Waals surface area contributed by atoms with Crippen LogP contribution in [0, 0.1) is 0 Å². The Morgan fingerprint density at radius 1 is 1.22 bits per heavy atom. The van der Waals surface area contributed by atoms with Crippen LogP contribution in [0.3, 0.4) is 0 Å². The predicted molar refractivity (Wildman–Crippen MR) is 88.9 cm³/mol. The molecule has 0 saturated carbocycles. The molecular weight excluding hydrogens is 316 g/mol. The van der Waals surface area contributed by atoms with Crippen molar-refractivity contribution in [3.8, 4) is 0 Å². The smallest absolute Gasteiger partial charge is 0.313 e. The summed E-state index contributed by atoms with van der Waals surface area (Å²) in [7, 11) is -0.307. The van der Waals surface area contributed by atoms with E-state index in [4.69, 9.17) is 0 Å². The summed E-state index contributed by atoms with van der Waals surface area (Å²) in [5, 5.41) is 3.19. The van der Waals surface area contributed by atoms with E-state index in [2.05, 4.69) is 10.0 Å². The van der Waals surface area contributed by atoms with Gasteiger partial charge in [0.05, 0.1) is 15.9 Å². The molecule has 0 aliphatic carbocycles. The van der Waals surface area contributed by atoms with E-state index in [-0.39, 0.29) is 10.6 Å². The van der Waals surface area contributed by atoms with Gasteiger partial charge in [0, 0.05) is 27.2 Å². The molecule has 1 aromatic carbocycles. The molecule has 8 heteroatoms. The highest BCUT2D eigenvalue weighted by Gasteiger charge is 2.17. The van der Waals surface area contributed by atoms with Crippen LogP contribution in [-0.4, -0.2) is 37.2 Å². The minimum atomic E-state index is -3.61. The van der Waals surface area contributed by atoms with Crippen molar-refractivity contribution in [1.82, 2.24) is 19.2 Å². The van der Waals surface area contributed by atoms with Crippen LogP contribution >= 0.6 is 0 Å². The minimum absolute atomic E-state index is 0.167. The second-order valence-corrected chi connectivity index (χ2v) is 7.46. The molecule has 2 heterocycles. The average Bonchev–Trinajstić information content (AvgIpc) is 2.78. The third-order valence-electron chi connectivity index (χ3n) is 4.20. The summed E-state index contributed by atoms with van der Waals surface area (Å²) in [4.78, 5) is 12.1. The molecule has 1 aromatic heterocycles. The van der Waals surface area contributed by atoms with Gasteiger partial charge >= 0.3 is 5.69 Å². The van der Waals surface area contributed by atoms with Crippen LogP contribution in [0.4, 0.5) is 0 Å². The van der Waals surface area contributed by atoms with Gasteiger partial charge in [-0.3, -0.25) is 9.13 Å². The molecule has 7 nitrogen and oxygen atoms in total. The van der Waals surface area contributed by atoms with Crippen LogP contribution in [0.1, 0.15) is 6.42 Å². The summed E-state index contributed by atoms with van der Waals surface area (Å²) in [5.41, 5.74) is 2.21. The Morgan fingerprint density at radius 2 is 1.96 bits per heavy atom. The van der Waals surface area contributed by atoms with E-state index in [9.17, 15) is 13.2 Å². The van der Waals surface area contributed by atoms with Gasteiger partial charge in [0.25, 0.3) is 0 Å². The standard InChI is InChI=1S/C15H20N4O3S/c1-18-13-4-3-12(9-14(13)19(2)15(18)20)23(21,22)17-10-11-5-7-16-8-6-11/h3-5,9,16-17H,6-8,10H2,1-2H3. The number of aryl methyl sites for hydroxylation is 2. The molecule has 3 rings (SSSR count). The monoisotopic (exact) mass is 336 g/mol. The van der Waals surface area contributed by atoms with Crippen molar-refractivity contribution in [3.05, 3.63) is 40.3 Å². The number of sulfonamides is 1. The number of nitrogens with one attached hydrogen (secondary N) is 2. The lowest BCUT2D eigenvalue weighted by Gasteiger charge is -2.14. The molecule has 0 spiro atoms. The van der Waals surface area contributed by atoms with Gasteiger partial charge in [-0.1, -0.05) is 11.6 Å². The SMILES string of the molecule is Cn1c(=O)n(C)c2cc(S(=O)(=O)NCC3=CCNCC3)ccc21. The highest BCUT2D eigenvalue weighted by molar-refractivity contribution is 7.89. The summed E-state index contributed by atoms with van der Waals surface area (Å²) in [6.07, 6.45) is 2.85. The fraction of sp³-hybridized carbons (Fsp3) is 0.400. The molecule has 23 heavy (non-hydrogen) atoms. The lowest BCUT2D eigenvalue weighted by atomic mass is 10.1. The summed E-state index contributed by atoms with van der Waals surface area (Å²) in [6.45, 7) is 1.95. The van der Waals surface area contributed by atoms with Crippen molar-refractivity contribution in [1.29, 1.82) is 0 Å². The number of hydrogen-bond acceptors (Lipinski definition) is 4. The van der Waals surface area contributed by atoms with E-state index in [0.717, 1.165) is 25.1 Å². The van der Waals surface area contributed by atoms with E-state index < -0.39 is 10.0 Å². The molecule has 0 atom stereocenters. The van der Waals surface area contributed by atoms with Crippen LogP contribution in [0.15, 0.2) is 39.5 Å². The fourth-order valence-corrected chi connectivity index (χ4v) is 3.81. The van der Waals surface area contributed by atoms with Gasteiger partial charge in [0.2, 0.25) is 10.0 Å². The maximum absolute atomic E-state index is 12.5. The topological polar surface area (TPSA) is 85.1 Å². The van der Waals surface area contributed by atoms with Crippen LogP contribution in [0.5, 0.6) is 0 Å². The maximum Gasteiger partial charge on any atom is 0.328 e. The van der Waals surface area contributed by atoms with Crippen LogP contribution in [-0.2, 0) is 24.1 Å². The van der Waals surface area contributed by atoms with Gasteiger partial charge in [-0.05, 0) is 31.2 Å². The molecule has 0 unspecified atom stereocenters. The summed E-state index contributed by atoms with van der Waals surface area (Å²) < 4.78 is 30.5. The first-order valence-corrected chi connectivity index (χ1v) is 8.92. The van der Waals surface area contributed by atoms with Crippen molar-refractivity contribution in [3.63, 3.8) is 0 Å². The quantitative estimate of drug-likeness (QED) is 0.774. The molecule has 2 N–H and O–H groups in total. The number of rotatable bonds is 4. The summed E-state index contributed by atoms with van der Waals surface area (Å²) in [5.74, 6) is 0. The van der Waals surface area contributed by atoms with Gasteiger partial charge in [0.1, 0.15) is 0 Å². The molecule has 0 radical (unpaired) electrons. The Bertz CT molecular complexity index is 938. The van der Waals surface area contributed by atoms with Gasteiger partial charge < -0.3 is 5.32 Å². The number of aromatic nitrogens is 2. The summed E-state index contributed by atoms with van der Waals surface area (Å²) in [6, 6.07) is 4.73. The zero-order valence-electron chi connectivity index (χ0n) is 13.2. The summed E-state index contributed by atoms with van der Waals surface area (Å²) >= 11 is 0. The number of imidazole rings is 1. The van der Waals surface area contributed by atoms with Crippen molar-refractivity contribution in [2.24, 2.45) is 14.1 Å². The second-order valence-electron chi connectivity index (χ2n) is 5.69. The van der Waals surface area contributed by atoms with Gasteiger partial charge in [-0.15, -0.1) is 0 Å². The molecule has 2 aromatic rings. The number of fused-ring (bicyclic) bond motifs is 1. The maximum atomic E-state index is 12.5. The molecule has 1 aliphatic heterocycles. The first kappa shape index (κ1) is 16.0. The fourth-order valence-electron chi connectivity index (χ4n) is 2.75. The Balaban J connectivity index is 1.90. The largest absolute Gasteiger partial charge is 0.328 e. The zero-order chi connectivity index (χ0) is 16.6. The minimum Gasteiger partial charge on any atom is -0.313 e. The van der Waals surface area contributed by atoms with Crippen molar-refractivity contribution in [2.45, 2.75) is 11.3 Å². The Morgan fingerprint density at radius 3 is 2.65 bits per heavy atom. The van der Waals surface area contributed by atoms with Gasteiger partial charge in [-0.25, -0.2) is 17.9 Å². The van der Waals surface area contributed by atoms with Crippen LogP contribution in [0.25, 0.3) is 11.0 Å². The molecule has 124 valence electrons. The normalized spacial score (nSPS) is 15.8. The van der Waals surface area contributed by atoms with Crippen molar-refractivity contribution < 1.29 is 8.42 Å². The van der Waals surface area contributed by atoms with E-state index in [1.54, 1.807) is 20.2 Å². The molecular formula is C15H20N4O3S. The Kier molecular flexibility index (Phi) is 4.13. The first-order valence-electron chi connectivity index (χ1n) is 7.44. The average molecular weight is 336 g/mol. The van der Waals surface area contributed by atoms with Crippen LogP contribution < -0.4 is 15.7 Å². The Hall–Kier alpha value is -1.90. The van der Waals surface area contributed by atoms with Crippen molar-refractivity contribution in [2.75, 3.05) is 19.6 Å². The third-order valence-corrected chi connectivity index (χ3v) is 5.60. The molecule has 0 saturated heterocycles. The van der Waals surface area contributed by atoms with E-state index in [0.29, 0.717) is 17.6 Å². The predicted octanol–water partition coefficient (Wildman–Crippen LogP) is 0.0750. The third kappa shape index (κ3) is 2.97. The van der Waals surface area contributed by atoms with Gasteiger partial charge in [-0.2, -0.15) is 0 Å². The number of nitrogens with zero attached hydrogens (tertiary/aromatic N) is 2. The van der Waals surface area contributed by atoms with E-state index >= 15 is 0 Å². The Labute approximate surface area is 134 Å². The molecule has 0 amide bonds. The highest BCUT2D eigenvalue weighted by atomic mass is 32.2. The second kappa shape index (κ2) is 5.95. The highest BCUT2D eigenvalue weighted by Crippen LogP contribution is 2.18. The molecule has 1 aliphatic rings. The lowest BCUT2D eigenvalue weighted by Crippen LogP contribution is -2.29. The van der Waals surface area contributed by atoms with E-state index in [1.807, 2.05) is 6.08 Å². The number of hydrogen-bond donors (Lipinski definition) is 2. The number of benzene rings is 1. The van der Waals surface area contributed by atoms with E-state index in [1.165, 1.54) is 21.3 Å². The first-order chi connectivity index (χ1) is 10.9. The lowest BCUT2D eigenvalue weighted by molar-refractivity contribution is 0.582. The van der Waals surface area contributed by atoms with Crippen LogP contribution in [0.2, 0.25) is 0 Å². The molecule has 0 fully saturated rings. The van der Waals surface area contributed by atoms with Crippen molar-refractivity contribution >= 4 is 21.1 Å². The van der Waals surface area contributed by atoms with Gasteiger partial charge in [0.15, 0.2) is 0 Å². The zero-order valence-corrected chi connectivity index (χ0v) is 14.0. The molecule has 0 bridgehead atoms.